The fraction of sp³-hybridized carbons (Fsp3) is 0.235. The molecule has 0 atom stereocenters. The van der Waals surface area contributed by atoms with Crippen molar-refractivity contribution in [1.82, 2.24) is 0 Å². The summed E-state index contributed by atoms with van der Waals surface area (Å²) >= 11 is 13.5. The number of thioether (sulfide) groups is 1. The smallest absolute Gasteiger partial charge is 0.283 e. The quantitative estimate of drug-likeness (QED) is 0.250. The monoisotopic (exact) mass is 398 g/mol. The van der Waals surface area contributed by atoms with Crippen LogP contribution < -0.4 is 0 Å². The summed E-state index contributed by atoms with van der Waals surface area (Å²) in [6, 6.07) is 10.1. The van der Waals surface area contributed by atoms with E-state index in [0.717, 1.165) is 0 Å². The number of halogens is 2. The molecule has 2 aromatic carbocycles. The Labute approximate surface area is 160 Å². The molecule has 0 aliphatic rings. The Kier molecular flexibility index (Phi) is 7.11. The van der Waals surface area contributed by atoms with Gasteiger partial charge in [-0.25, -0.2) is 0 Å². The molecule has 5 nitrogen and oxygen atoms in total. The molecule has 0 aliphatic carbocycles. The topological polar surface area (TPSA) is 64.7 Å². The van der Waals surface area contributed by atoms with Crippen molar-refractivity contribution in [3.05, 3.63) is 67.7 Å². The highest BCUT2D eigenvalue weighted by Crippen LogP contribution is 2.32. The molecule has 0 fully saturated rings. The average molecular weight is 399 g/mol. The van der Waals surface area contributed by atoms with E-state index in [9.17, 15) is 10.1 Å². The van der Waals surface area contributed by atoms with E-state index >= 15 is 0 Å². The highest BCUT2D eigenvalue weighted by atomic mass is 35.5. The van der Waals surface area contributed by atoms with E-state index in [4.69, 9.17) is 28.0 Å². The van der Waals surface area contributed by atoms with Gasteiger partial charge in [0.2, 0.25) is 0 Å². The molecule has 0 spiro atoms. The summed E-state index contributed by atoms with van der Waals surface area (Å²) in [4.78, 5) is 16.7. The fourth-order valence-corrected chi connectivity index (χ4v) is 3.40. The Morgan fingerprint density at radius 1 is 1.28 bits per heavy atom. The highest BCUT2D eigenvalue weighted by molar-refractivity contribution is 8.00. The first-order valence-corrected chi connectivity index (χ1v) is 9.05. The Morgan fingerprint density at radius 3 is 2.56 bits per heavy atom. The van der Waals surface area contributed by atoms with Gasteiger partial charge in [-0.3, -0.25) is 10.1 Å². The van der Waals surface area contributed by atoms with Crippen LogP contribution in [0.4, 0.5) is 5.69 Å². The summed E-state index contributed by atoms with van der Waals surface area (Å²) in [5, 5.41) is 16.3. The van der Waals surface area contributed by atoms with E-state index in [1.807, 2.05) is 13.8 Å². The van der Waals surface area contributed by atoms with Gasteiger partial charge in [-0.05, 0) is 18.2 Å². The molecule has 2 rings (SSSR count). The van der Waals surface area contributed by atoms with Gasteiger partial charge >= 0.3 is 0 Å². The van der Waals surface area contributed by atoms with Crippen LogP contribution in [0.1, 0.15) is 25.0 Å². The largest absolute Gasteiger partial charge is 0.391 e. The van der Waals surface area contributed by atoms with Crippen LogP contribution in [-0.4, -0.2) is 16.4 Å². The standard InChI is InChI=1S/C17H16Cl2N2O3S/c1-11(2)25-17-7-6-12(8-16(17)21(22)23)9-20-24-10-13-14(18)4-3-5-15(13)19/h3-9,11H,10H2,1-2H3. The second kappa shape index (κ2) is 9.08. The maximum absolute atomic E-state index is 11.2. The molecule has 2 aromatic rings. The van der Waals surface area contributed by atoms with E-state index in [0.29, 0.717) is 26.1 Å². The lowest BCUT2D eigenvalue weighted by molar-refractivity contribution is -0.387. The van der Waals surface area contributed by atoms with E-state index in [1.165, 1.54) is 24.0 Å². The van der Waals surface area contributed by atoms with Gasteiger partial charge in [0.05, 0.1) is 16.0 Å². The zero-order valence-corrected chi connectivity index (χ0v) is 15.9. The van der Waals surface area contributed by atoms with Crippen LogP contribution >= 0.6 is 35.0 Å². The molecule has 8 heteroatoms. The number of rotatable bonds is 7. The molecular weight excluding hydrogens is 383 g/mol. The van der Waals surface area contributed by atoms with Gasteiger partial charge in [-0.15, -0.1) is 11.8 Å². The molecule has 0 bridgehead atoms. The predicted octanol–water partition coefficient (Wildman–Crippen LogP) is 5.95. The minimum Gasteiger partial charge on any atom is -0.391 e. The first-order chi connectivity index (χ1) is 11.9. The Hall–Kier alpha value is -1.76. The number of hydrogen-bond acceptors (Lipinski definition) is 5. The minimum absolute atomic E-state index is 0.0526. The molecule has 132 valence electrons. The highest BCUT2D eigenvalue weighted by Gasteiger charge is 2.15. The van der Waals surface area contributed by atoms with Crippen molar-refractivity contribution in [3.63, 3.8) is 0 Å². The normalized spacial score (nSPS) is 11.2. The molecule has 25 heavy (non-hydrogen) atoms. The van der Waals surface area contributed by atoms with Crippen LogP contribution in [0, 0.1) is 10.1 Å². The molecule has 0 aliphatic heterocycles. The number of nitrogens with zero attached hydrogens (tertiary/aromatic N) is 2. The van der Waals surface area contributed by atoms with Crippen molar-refractivity contribution in [2.24, 2.45) is 5.16 Å². The average Bonchev–Trinajstić information content (AvgIpc) is 2.54. The first-order valence-electron chi connectivity index (χ1n) is 7.41. The Morgan fingerprint density at radius 2 is 1.96 bits per heavy atom. The molecule has 0 saturated carbocycles. The Bertz CT molecular complexity index is 777. The van der Waals surface area contributed by atoms with E-state index in [-0.39, 0.29) is 17.5 Å². The van der Waals surface area contributed by atoms with Gasteiger partial charge in [0, 0.05) is 32.5 Å². The van der Waals surface area contributed by atoms with Crippen molar-refractivity contribution in [3.8, 4) is 0 Å². The van der Waals surface area contributed by atoms with Crippen LogP contribution in [0.2, 0.25) is 10.0 Å². The lowest BCUT2D eigenvalue weighted by Gasteiger charge is -2.06. The van der Waals surface area contributed by atoms with Crippen LogP contribution in [-0.2, 0) is 11.4 Å². The maximum atomic E-state index is 11.2. The number of benzene rings is 2. The second-order valence-electron chi connectivity index (χ2n) is 5.36. The van der Waals surface area contributed by atoms with Crippen LogP contribution in [0.3, 0.4) is 0 Å². The molecule has 0 aromatic heterocycles. The van der Waals surface area contributed by atoms with Crippen LogP contribution in [0.25, 0.3) is 0 Å². The zero-order valence-electron chi connectivity index (χ0n) is 13.6. The molecule has 0 unspecified atom stereocenters. The molecule has 0 N–H and O–H groups in total. The van der Waals surface area contributed by atoms with Gasteiger partial charge in [-0.2, -0.15) is 0 Å². The molecular formula is C17H16Cl2N2O3S. The van der Waals surface area contributed by atoms with Gasteiger partial charge in [0.1, 0.15) is 6.61 Å². The fourth-order valence-electron chi connectivity index (χ4n) is 1.98. The lowest BCUT2D eigenvalue weighted by Crippen LogP contribution is -1.96. The summed E-state index contributed by atoms with van der Waals surface area (Å²) < 4.78 is 0. The van der Waals surface area contributed by atoms with Crippen molar-refractivity contribution < 1.29 is 9.76 Å². The van der Waals surface area contributed by atoms with Crippen molar-refractivity contribution in [2.45, 2.75) is 30.6 Å². The van der Waals surface area contributed by atoms with Gasteiger partial charge in [-0.1, -0.05) is 54.3 Å². The third-order valence-electron chi connectivity index (χ3n) is 3.09. The van der Waals surface area contributed by atoms with E-state index < -0.39 is 4.92 Å². The SMILES string of the molecule is CC(C)Sc1ccc(C=NOCc2c(Cl)cccc2Cl)cc1[N+](=O)[O-]. The molecule has 0 amide bonds. The zero-order chi connectivity index (χ0) is 18.4. The van der Waals surface area contributed by atoms with Crippen molar-refractivity contribution in [1.29, 1.82) is 0 Å². The third kappa shape index (κ3) is 5.63. The summed E-state index contributed by atoms with van der Waals surface area (Å²) in [5.74, 6) is 0. The number of hydrogen-bond donors (Lipinski definition) is 0. The predicted molar refractivity (Wildman–Crippen MR) is 103 cm³/mol. The number of nitro groups is 1. The van der Waals surface area contributed by atoms with Gasteiger partial charge in [0.15, 0.2) is 0 Å². The van der Waals surface area contributed by atoms with Gasteiger partial charge in [0.25, 0.3) is 5.69 Å². The maximum Gasteiger partial charge on any atom is 0.283 e. The first kappa shape index (κ1) is 19.6. The number of oxime groups is 1. The summed E-state index contributed by atoms with van der Waals surface area (Å²) in [6.45, 7) is 4.08. The van der Waals surface area contributed by atoms with Crippen molar-refractivity contribution >= 4 is 46.9 Å². The molecule has 0 heterocycles. The molecule has 0 radical (unpaired) electrons. The van der Waals surface area contributed by atoms with Gasteiger partial charge < -0.3 is 4.84 Å². The summed E-state index contributed by atoms with van der Waals surface area (Å²) in [5.41, 5.74) is 1.26. The number of nitro benzene ring substituents is 1. The van der Waals surface area contributed by atoms with E-state index in [2.05, 4.69) is 5.16 Å². The molecule has 0 saturated heterocycles. The van der Waals surface area contributed by atoms with Crippen LogP contribution in [0.15, 0.2) is 46.4 Å². The lowest BCUT2D eigenvalue weighted by atomic mass is 10.2. The Balaban J connectivity index is 2.08. The summed E-state index contributed by atoms with van der Waals surface area (Å²) in [6.07, 6.45) is 1.42. The third-order valence-corrected chi connectivity index (χ3v) is 4.87. The van der Waals surface area contributed by atoms with Crippen molar-refractivity contribution in [2.75, 3.05) is 0 Å². The summed E-state index contributed by atoms with van der Waals surface area (Å²) in [7, 11) is 0. The van der Waals surface area contributed by atoms with Crippen LogP contribution in [0.5, 0.6) is 0 Å². The second-order valence-corrected chi connectivity index (χ2v) is 7.79. The minimum atomic E-state index is -0.396. The van der Waals surface area contributed by atoms with E-state index in [1.54, 1.807) is 30.3 Å².